The van der Waals surface area contributed by atoms with Crippen molar-refractivity contribution in [3.8, 4) is 6.07 Å². The molecule has 1 fully saturated rings. The van der Waals surface area contributed by atoms with Crippen LogP contribution < -0.4 is 5.32 Å². The van der Waals surface area contributed by atoms with Gasteiger partial charge in [0.05, 0.1) is 41.3 Å². The Morgan fingerprint density at radius 3 is 2.53 bits per heavy atom. The Labute approximate surface area is 211 Å². The molecule has 1 aliphatic rings. The third-order valence-corrected chi connectivity index (χ3v) is 6.70. The Balaban J connectivity index is 1.30. The summed E-state index contributed by atoms with van der Waals surface area (Å²) in [5.41, 5.74) is 4.77. The lowest BCUT2D eigenvalue weighted by atomic mass is 9.94. The maximum atomic E-state index is 13.5. The molecule has 7 heteroatoms. The summed E-state index contributed by atoms with van der Waals surface area (Å²) >= 11 is 0. The zero-order chi connectivity index (χ0) is 24.7. The number of hydrogen-bond donors (Lipinski definition) is 1. The Morgan fingerprint density at radius 2 is 1.78 bits per heavy atom. The number of benzene rings is 2. The molecule has 0 saturated carbocycles. The predicted octanol–water partition coefficient (Wildman–Crippen LogP) is 4.08. The molecule has 180 valence electrons. The van der Waals surface area contributed by atoms with Crippen LogP contribution in [-0.4, -0.2) is 31.9 Å². The molecule has 3 heterocycles. The first-order valence-electron chi connectivity index (χ1n) is 12.2. The lowest BCUT2D eigenvalue weighted by molar-refractivity contribution is -0.132. The molecule has 0 radical (unpaired) electrons. The fraction of sp³-hybridized carbons (Fsp3) is 0.241. The van der Waals surface area contributed by atoms with Gasteiger partial charge in [-0.3, -0.25) is 9.78 Å². The summed E-state index contributed by atoms with van der Waals surface area (Å²) < 4.78 is 2.09. The van der Waals surface area contributed by atoms with Crippen molar-refractivity contribution in [2.45, 2.75) is 32.1 Å². The SMILES string of the molecule is N#Cc1ccc(Cn2cncc2CNC(c2ccccn2)C2CCN(Cc3ccccc3)C2=O)cc1. The van der Waals surface area contributed by atoms with Crippen molar-refractivity contribution in [1.29, 1.82) is 5.26 Å². The molecule has 4 aromatic rings. The Bertz CT molecular complexity index is 1330. The van der Waals surface area contributed by atoms with E-state index in [1.54, 1.807) is 6.20 Å². The summed E-state index contributed by atoms with van der Waals surface area (Å²) in [4.78, 5) is 24.4. The normalized spacial score (nSPS) is 16.1. The molecule has 2 unspecified atom stereocenters. The molecule has 1 amide bonds. The highest BCUT2D eigenvalue weighted by molar-refractivity contribution is 5.81. The van der Waals surface area contributed by atoms with Gasteiger partial charge >= 0.3 is 0 Å². The van der Waals surface area contributed by atoms with E-state index in [0.717, 1.165) is 35.5 Å². The summed E-state index contributed by atoms with van der Waals surface area (Å²) in [5, 5.41) is 12.7. The third kappa shape index (κ3) is 5.35. The number of amides is 1. The van der Waals surface area contributed by atoms with Crippen molar-refractivity contribution >= 4 is 5.91 Å². The van der Waals surface area contributed by atoms with Crippen LogP contribution in [0.15, 0.2) is 91.5 Å². The second kappa shape index (κ2) is 11.0. The molecule has 2 atom stereocenters. The predicted molar refractivity (Wildman–Crippen MR) is 136 cm³/mol. The molecule has 36 heavy (non-hydrogen) atoms. The smallest absolute Gasteiger partial charge is 0.228 e. The highest BCUT2D eigenvalue weighted by Gasteiger charge is 2.38. The summed E-state index contributed by atoms with van der Waals surface area (Å²) in [5.74, 6) is -0.0217. The number of imidazole rings is 1. The van der Waals surface area contributed by atoms with E-state index >= 15 is 0 Å². The van der Waals surface area contributed by atoms with Crippen LogP contribution in [0.3, 0.4) is 0 Å². The molecule has 1 N–H and O–H groups in total. The second-order valence-corrected chi connectivity index (χ2v) is 9.08. The lowest BCUT2D eigenvalue weighted by Crippen LogP contribution is -2.35. The number of carbonyl (C=O) groups is 1. The van der Waals surface area contributed by atoms with Crippen LogP contribution in [-0.2, 0) is 24.4 Å². The van der Waals surface area contributed by atoms with Gasteiger partial charge in [-0.25, -0.2) is 4.98 Å². The summed E-state index contributed by atoms with van der Waals surface area (Å²) in [7, 11) is 0. The van der Waals surface area contributed by atoms with E-state index in [9.17, 15) is 4.79 Å². The van der Waals surface area contributed by atoms with Crippen molar-refractivity contribution in [2.75, 3.05) is 6.54 Å². The van der Waals surface area contributed by atoms with E-state index in [2.05, 4.69) is 38.1 Å². The third-order valence-electron chi connectivity index (χ3n) is 6.70. The first-order chi connectivity index (χ1) is 17.7. The average Bonchev–Trinajstić information content (AvgIpc) is 3.52. The number of aromatic nitrogens is 3. The monoisotopic (exact) mass is 476 g/mol. The first-order valence-corrected chi connectivity index (χ1v) is 12.2. The lowest BCUT2D eigenvalue weighted by Gasteiger charge is -2.24. The largest absolute Gasteiger partial charge is 0.338 e. The standard InChI is InChI=1S/C29H28N6O/c30-16-22-9-11-24(12-10-22)20-35-21-31-17-25(35)18-33-28(27-8-4-5-14-32-27)26-13-15-34(29(26)36)19-23-6-2-1-3-7-23/h1-12,14,17,21,26,28,33H,13,15,18-20H2. The fourth-order valence-corrected chi connectivity index (χ4v) is 4.78. The van der Waals surface area contributed by atoms with Gasteiger partial charge in [-0.2, -0.15) is 5.26 Å². The number of nitriles is 1. The zero-order valence-corrected chi connectivity index (χ0v) is 20.0. The molecule has 5 rings (SSSR count). The fourth-order valence-electron chi connectivity index (χ4n) is 4.78. The van der Waals surface area contributed by atoms with E-state index in [0.29, 0.717) is 25.2 Å². The Kier molecular flexibility index (Phi) is 7.15. The topological polar surface area (TPSA) is 86.8 Å². The van der Waals surface area contributed by atoms with E-state index in [1.807, 2.05) is 78.1 Å². The van der Waals surface area contributed by atoms with Crippen LogP contribution in [0.4, 0.5) is 0 Å². The number of carbonyl (C=O) groups excluding carboxylic acids is 1. The van der Waals surface area contributed by atoms with Gasteiger partial charge in [0.2, 0.25) is 5.91 Å². The van der Waals surface area contributed by atoms with Crippen LogP contribution in [0.25, 0.3) is 0 Å². The molecule has 2 aromatic carbocycles. The number of nitrogens with one attached hydrogen (secondary N) is 1. The maximum Gasteiger partial charge on any atom is 0.228 e. The van der Waals surface area contributed by atoms with Gasteiger partial charge in [-0.15, -0.1) is 0 Å². The highest BCUT2D eigenvalue weighted by atomic mass is 16.2. The Hall–Kier alpha value is -4.28. The zero-order valence-electron chi connectivity index (χ0n) is 20.0. The van der Waals surface area contributed by atoms with Gasteiger partial charge < -0.3 is 14.8 Å². The summed E-state index contributed by atoms with van der Waals surface area (Å²) in [6, 6.07) is 25.5. The van der Waals surface area contributed by atoms with Crippen molar-refractivity contribution in [1.82, 2.24) is 24.8 Å². The van der Waals surface area contributed by atoms with E-state index < -0.39 is 0 Å². The molecule has 1 saturated heterocycles. The van der Waals surface area contributed by atoms with Crippen molar-refractivity contribution in [3.05, 3.63) is 120 Å². The molecule has 0 aliphatic carbocycles. The molecule has 1 aliphatic heterocycles. The quantitative estimate of drug-likeness (QED) is 0.393. The van der Waals surface area contributed by atoms with Crippen molar-refractivity contribution in [2.24, 2.45) is 5.92 Å². The van der Waals surface area contributed by atoms with Crippen LogP contribution in [0.5, 0.6) is 0 Å². The molecular weight excluding hydrogens is 448 g/mol. The van der Waals surface area contributed by atoms with Crippen molar-refractivity contribution in [3.63, 3.8) is 0 Å². The number of nitrogens with zero attached hydrogens (tertiary/aromatic N) is 5. The highest BCUT2D eigenvalue weighted by Crippen LogP contribution is 2.31. The van der Waals surface area contributed by atoms with Crippen LogP contribution in [0, 0.1) is 17.2 Å². The van der Waals surface area contributed by atoms with Gasteiger partial charge in [-0.05, 0) is 41.8 Å². The molecule has 0 spiro atoms. The van der Waals surface area contributed by atoms with Gasteiger partial charge in [0.15, 0.2) is 0 Å². The maximum absolute atomic E-state index is 13.5. The summed E-state index contributed by atoms with van der Waals surface area (Å²) in [6.07, 6.45) is 6.22. The minimum Gasteiger partial charge on any atom is -0.338 e. The average molecular weight is 477 g/mol. The molecular formula is C29H28N6O. The summed E-state index contributed by atoms with van der Waals surface area (Å²) in [6.45, 7) is 2.58. The second-order valence-electron chi connectivity index (χ2n) is 9.08. The molecule has 2 aromatic heterocycles. The Morgan fingerprint density at radius 1 is 1.00 bits per heavy atom. The van der Waals surface area contributed by atoms with E-state index in [4.69, 9.17) is 5.26 Å². The number of rotatable bonds is 9. The first kappa shape index (κ1) is 23.5. The number of hydrogen-bond acceptors (Lipinski definition) is 5. The molecule has 7 nitrogen and oxygen atoms in total. The van der Waals surface area contributed by atoms with E-state index in [-0.39, 0.29) is 17.9 Å². The number of pyridine rings is 1. The van der Waals surface area contributed by atoms with Gasteiger partial charge in [0.1, 0.15) is 0 Å². The van der Waals surface area contributed by atoms with Gasteiger partial charge in [-0.1, -0.05) is 48.5 Å². The van der Waals surface area contributed by atoms with Crippen LogP contribution >= 0.6 is 0 Å². The molecule has 0 bridgehead atoms. The minimum absolute atomic E-state index is 0.160. The van der Waals surface area contributed by atoms with E-state index in [1.165, 1.54) is 0 Å². The van der Waals surface area contributed by atoms with Gasteiger partial charge in [0, 0.05) is 38.6 Å². The number of likely N-dealkylation sites (tertiary alicyclic amines) is 1. The van der Waals surface area contributed by atoms with Crippen LogP contribution in [0.2, 0.25) is 0 Å². The minimum atomic E-state index is -0.197. The van der Waals surface area contributed by atoms with Crippen LogP contribution in [0.1, 0.15) is 40.5 Å². The van der Waals surface area contributed by atoms with Gasteiger partial charge in [0.25, 0.3) is 0 Å². The van der Waals surface area contributed by atoms with Crippen molar-refractivity contribution < 1.29 is 4.79 Å².